The van der Waals surface area contributed by atoms with E-state index >= 15 is 0 Å². The maximum absolute atomic E-state index is 11.4. The summed E-state index contributed by atoms with van der Waals surface area (Å²) in [4.78, 5) is 19.8. The van der Waals surface area contributed by atoms with Crippen molar-refractivity contribution in [3.05, 3.63) is 48.0 Å². The van der Waals surface area contributed by atoms with Crippen LogP contribution in [0.15, 0.2) is 36.8 Å². The number of carbonyl (C=O) groups excluding carboxylic acids is 1. The zero-order valence-corrected chi connectivity index (χ0v) is 13.6. The summed E-state index contributed by atoms with van der Waals surface area (Å²) in [6, 6.07) is 8.33. The first-order valence-electron chi connectivity index (χ1n) is 7.50. The van der Waals surface area contributed by atoms with Gasteiger partial charge in [0.1, 0.15) is 6.07 Å². The lowest BCUT2D eigenvalue weighted by molar-refractivity contribution is 0.0593. The van der Waals surface area contributed by atoms with Crippen LogP contribution in [0.3, 0.4) is 0 Å². The average molecular weight is 320 g/mol. The second-order valence-electron chi connectivity index (χ2n) is 5.67. The minimum Gasteiger partial charge on any atom is -0.464 e. The van der Waals surface area contributed by atoms with Crippen LogP contribution < -0.4 is 0 Å². The summed E-state index contributed by atoms with van der Waals surface area (Å²) in [6.45, 7) is 4.15. The smallest absolute Gasteiger partial charge is 0.358 e. The second-order valence-corrected chi connectivity index (χ2v) is 5.67. The van der Waals surface area contributed by atoms with E-state index in [2.05, 4.69) is 39.2 Å². The number of carbonyl (C=O) groups is 1. The Labute approximate surface area is 139 Å². The predicted octanol–water partition coefficient (Wildman–Crippen LogP) is 3.34. The third kappa shape index (κ3) is 2.61. The van der Waals surface area contributed by atoms with Crippen LogP contribution >= 0.6 is 0 Å². The van der Waals surface area contributed by atoms with Gasteiger partial charge in [0.15, 0.2) is 5.69 Å². The Hall–Kier alpha value is -3.20. The van der Waals surface area contributed by atoms with Crippen LogP contribution in [-0.2, 0) is 4.74 Å². The molecule has 24 heavy (non-hydrogen) atoms. The Morgan fingerprint density at radius 2 is 2.08 bits per heavy atom. The van der Waals surface area contributed by atoms with Gasteiger partial charge in [-0.2, -0.15) is 5.26 Å². The summed E-state index contributed by atoms with van der Waals surface area (Å²) < 4.78 is 6.69. The third-order valence-corrected chi connectivity index (χ3v) is 3.85. The molecule has 3 rings (SSSR count). The zero-order chi connectivity index (χ0) is 17.3. The SMILES string of the molecule is COC(=O)c1cnc(-c2ccc3c(c2)c(C#N)cn3C(C)C)cn1. The van der Waals surface area contributed by atoms with Gasteiger partial charge in [-0.05, 0) is 26.0 Å². The molecule has 0 atom stereocenters. The summed E-state index contributed by atoms with van der Waals surface area (Å²) >= 11 is 0. The van der Waals surface area contributed by atoms with Gasteiger partial charge in [0, 0.05) is 28.7 Å². The molecule has 6 nitrogen and oxygen atoms in total. The number of hydrogen-bond acceptors (Lipinski definition) is 5. The lowest BCUT2D eigenvalue weighted by Crippen LogP contribution is -2.04. The van der Waals surface area contributed by atoms with E-state index in [4.69, 9.17) is 0 Å². The summed E-state index contributed by atoms with van der Waals surface area (Å²) in [6.07, 6.45) is 4.78. The molecule has 0 aliphatic heterocycles. The van der Waals surface area contributed by atoms with Crippen LogP contribution in [0.25, 0.3) is 22.2 Å². The van der Waals surface area contributed by atoms with Gasteiger partial charge in [-0.1, -0.05) is 6.07 Å². The van der Waals surface area contributed by atoms with Crippen molar-refractivity contribution in [3.8, 4) is 17.3 Å². The van der Waals surface area contributed by atoms with E-state index in [9.17, 15) is 10.1 Å². The fourth-order valence-corrected chi connectivity index (χ4v) is 2.62. The van der Waals surface area contributed by atoms with Crippen molar-refractivity contribution in [2.24, 2.45) is 0 Å². The van der Waals surface area contributed by atoms with Gasteiger partial charge in [0.2, 0.25) is 0 Å². The van der Waals surface area contributed by atoms with Crippen molar-refractivity contribution < 1.29 is 9.53 Å². The molecule has 120 valence electrons. The lowest BCUT2D eigenvalue weighted by Gasteiger charge is -2.09. The first kappa shape index (κ1) is 15.7. The van der Waals surface area contributed by atoms with E-state index < -0.39 is 5.97 Å². The molecule has 0 bridgehead atoms. The van der Waals surface area contributed by atoms with E-state index in [0.29, 0.717) is 11.3 Å². The van der Waals surface area contributed by atoms with Gasteiger partial charge in [0.25, 0.3) is 0 Å². The zero-order valence-electron chi connectivity index (χ0n) is 13.6. The first-order valence-corrected chi connectivity index (χ1v) is 7.50. The number of rotatable bonds is 3. The van der Waals surface area contributed by atoms with Crippen molar-refractivity contribution in [1.29, 1.82) is 5.26 Å². The van der Waals surface area contributed by atoms with Crippen LogP contribution in [0.5, 0.6) is 0 Å². The normalized spacial score (nSPS) is 10.8. The van der Waals surface area contributed by atoms with Crippen LogP contribution in [0.4, 0.5) is 0 Å². The van der Waals surface area contributed by atoms with Crippen molar-refractivity contribution >= 4 is 16.9 Å². The number of esters is 1. The monoisotopic (exact) mass is 320 g/mol. The summed E-state index contributed by atoms with van der Waals surface area (Å²) in [5.74, 6) is -0.523. The highest BCUT2D eigenvalue weighted by atomic mass is 16.5. The van der Waals surface area contributed by atoms with Crippen molar-refractivity contribution in [2.45, 2.75) is 19.9 Å². The van der Waals surface area contributed by atoms with Crippen LogP contribution in [0.1, 0.15) is 35.9 Å². The molecule has 0 aliphatic carbocycles. The molecule has 2 aromatic heterocycles. The topological polar surface area (TPSA) is 80.8 Å². The molecular formula is C18H16N4O2. The number of fused-ring (bicyclic) bond motifs is 1. The Morgan fingerprint density at radius 3 is 2.67 bits per heavy atom. The highest BCUT2D eigenvalue weighted by Crippen LogP contribution is 2.28. The van der Waals surface area contributed by atoms with Crippen molar-refractivity contribution in [1.82, 2.24) is 14.5 Å². The number of methoxy groups -OCH3 is 1. The Morgan fingerprint density at radius 1 is 1.29 bits per heavy atom. The summed E-state index contributed by atoms with van der Waals surface area (Å²) in [5, 5.41) is 10.3. The Balaban J connectivity index is 2.08. The lowest BCUT2D eigenvalue weighted by atomic mass is 10.1. The number of nitrogens with zero attached hydrogens (tertiary/aromatic N) is 4. The van der Waals surface area contributed by atoms with Gasteiger partial charge < -0.3 is 9.30 Å². The third-order valence-electron chi connectivity index (χ3n) is 3.85. The standard InChI is InChI=1S/C18H16N4O2/c1-11(2)22-10-13(7-19)14-6-12(4-5-17(14)22)15-8-21-16(9-20-15)18(23)24-3/h4-6,8-11H,1-3H3. The number of hydrogen-bond donors (Lipinski definition) is 0. The molecule has 0 amide bonds. The average Bonchev–Trinajstić information content (AvgIpc) is 2.99. The number of benzene rings is 1. The molecule has 1 aromatic carbocycles. The minimum absolute atomic E-state index is 0.158. The fraction of sp³-hybridized carbons (Fsp3) is 0.222. The van der Waals surface area contributed by atoms with Gasteiger partial charge in [-0.15, -0.1) is 0 Å². The molecule has 0 N–H and O–H groups in total. The molecule has 0 fully saturated rings. The highest BCUT2D eigenvalue weighted by Gasteiger charge is 2.13. The largest absolute Gasteiger partial charge is 0.464 e. The molecule has 6 heteroatoms. The Kier molecular flexibility index (Phi) is 4.00. The molecule has 0 aliphatic rings. The van der Waals surface area contributed by atoms with Gasteiger partial charge in [-0.25, -0.2) is 9.78 Å². The maximum Gasteiger partial charge on any atom is 0.358 e. The van der Waals surface area contributed by atoms with Crippen molar-refractivity contribution in [2.75, 3.05) is 7.11 Å². The summed E-state index contributed by atoms with van der Waals surface area (Å²) in [7, 11) is 1.30. The van der Waals surface area contributed by atoms with Crippen LogP contribution in [-0.4, -0.2) is 27.6 Å². The van der Waals surface area contributed by atoms with E-state index in [1.165, 1.54) is 19.5 Å². The maximum atomic E-state index is 11.4. The molecular weight excluding hydrogens is 304 g/mol. The van der Waals surface area contributed by atoms with Crippen LogP contribution in [0, 0.1) is 11.3 Å². The van der Waals surface area contributed by atoms with Crippen LogP contribution in [0.2, 0.25) is 0 Å². The molecule has 0 spiro atoms. The van der Waals surface area contributed by atoms with E-state index in [0.717, 1.165) is 16.5 Å². The predicted molar refractivity (Wildman–Crippen MR) is 89.4 cm³/mol. The van der Waals surface area contributed by atoms with Gasteiger partial charge >= 0.3 is 5.97 Å². The quantitative estimate of drug-likeness (QED) is 0.691. The fourth-order valence-electron chi connectivity index (χ4n) is 2.62. The molecule has 0 saturated heterocycles. The van der Waals surface area contributed by atoms with Gasteiger partial charge in [-0.3, -0.25) is 4.98 Å². The number of nitriles is 1. The summed E-state index contributed by atoms with van der Waals surface area (Å²) in [5.41, 5.74) is 3.25. The van der Waals surface area contributed by atoms with Gasteiger partial charge in [0.05, 0.1) is 30.8 Å². The molecule has 0 radical (unpaired) electrons. The Bertz CT molecular complexity index is 950. The van der Waals surface area contributed by atoms with E-state index in [1.54, 1.807) is 0 Å². The van der Waals surface area contributed by atoms with E-state index in [-0.39, 0.29) is 11.7 Å². The molecule has 3 aromatic rings. The molecule has 2 heterocycles. The number of aromatic nitrogens is 3. The molecule has 0 saturated carbocycles. The number of ether oxygens (including phenoxy) is 1. The molecule has 0 unspecified atom stereocenters. The minimum atomic E-state index is -0.523. The van der Waals surface area contributed by atoms with Crippen molar-refractivity contribution in [3.63, 3.8) is 0 Å². The highest BCUT2D eigenvalue weighted by molar-refractivity contribution is 5.90. The van der Waals surface area contributed by atoms with E-state index in [1.807, 2.05) is 24.4 Å². The first-order chi connectivity index (χ1) is 11.5. The second kappa shape index (κ2) is 6.13.